The summed E-state index contributed by atoms with van der Waals surface area (Å²) in [6, 6.07) is 0. The van der Waals surface area contributed by atoms with Gasteiger partial charge in [0.1, 0.15) is 0 Å². The molecule has 3 fully saturated rings. The smallest absolute Gasteiger partial charge is 0.0831 e. The van der Waals surface area contributed by atoms with Crippen LogP contribution in [0.15, 0.2) is 11.6 Å². The van der Waals surface area contributed by atoms with Crippen molar-refractivity contribution in [2.75, 3.05) is 0 Å². The van der Waals surface area contributed by atoms with Crippen molar-refractivity contribution in [3.8, 4) is 0 Å². The van der Waals surface area contributed by atoms with Gasteiger partial charge in [0.2, 0.25) is 0 Å². The molecule has 5 N–H and O–H groups in total. The Morgan fingerprint density at radius 1 is 1.00 bits per heavy atom. The van der Waals surface area contributed by atoms with Gasteiger partial charge >= 0.3 is 0 Å². The second kappa shape index (κ2) is 4.58. The van der Waals surface area contributed by atoms with Crippen molar-refractivity contribution >= 4 is 0 Å². The first-order valence-electron chi connectivity index (χ1n) is 9.24. The van der Waals surface area contributed by atoms with Crippen LogP contribution in [0.3, 0.4) is 0 Å². The molecule has 22 heavy (non-hydrogen) atoms. The van der Waals surface area contributed by atoms with Crippen LogP contribution in [0.2, 0.25) is 0 Å². The second-order valence-corrected chi connectivity index (χ2v) is 9.25. The minimum Gasteiger partial charge on any atom is -0.393 e. The van der Waals surface area contributed by atoms with Crippen LogP contribution in [0.1, 0.15) is 65.2 Å². The standard InChI is InChI=1S/C19H32N2O/c1-17-9-10-19(20,21)11-12(17)3-4-13-14-5-6-16(22)18(14,2)8-7-15(13)17/h11,13-16,22H,3-10,20-21H2,1-2H3/t13?,14?,15?,16-,17-,18-/m0/s1. The Morgan fingerprint density at radius 2 is 1.77 bits per heavy atom. The normalized spacial score (nSPS) is 53.2. The van der Waals surface area contributed by atoms with Gasteiger partial charge in [-0.1, -0.05) is 25.5 Å². The Labute approximate surface area is 134 Å². The summed E-state index contributed by atoms with van der Waals surface area (Å²) in [5.41, 5.74) is 13.8. The molecule has 4 aliphatic carbocycles. The molecular weight excluding hydrogens is 272 g/mol. The van der Waals surface area contributed by atoms with Gasteiger partial charge in [-0.25, -0.2) is 0 Å². The number of hydrogen-bond acceptors (Lipinski definition) is 3. The highest BCUT2D eigenvalue weighted by atomic mass is 16.3. The number of hydrogen-bond donors (Lipinski definition) is 3. The molecule has 0 spiro atoms. The highest BCUT2D eigenvalue weighted by Crippen LogP contribution is 2.65. The summed E-state index contributed by atoms with van der Waals surface area (Å²) in [5.74, 6) is 2.29. The molecule has 0 aromatic heterocycles. The third kappa shape index (κ3) is 1.91. The molecule has 0 radical (unpaired) electrons. The fourth-order valence-corrected chi connectivity index (χ4v) is 6.76. The quantitative estimate of drug-likeness (QED) is 0.476. The molecule has 0 heterocycles. The van der Waals surface area contributed by atoms with Crippen molar-refractivity contribution in [2.45, 2.75) is 77.0 Å². The van der Waals surface area contributed by atoms with Gasteiger partial charge < -0.3 is 16.6 Å². The molecule has 0 saturated heterocycles. The molecule has 0 bridgehead atoms. The topological polar surface area (TPSA) is 72.3 Å². The minimum atomic E-state index is -0.589. The first-order chi connectivity index (χ1) is 10.3. The number of aliphatic hydroxyl groups excluding tert-OH is 1. The number of allylic oxidation sites excluding steroid dienone is 1. The van der Waals surface area contributed by atoms with E-state index in [2.05, 4.69) is 19.9 Å². The third-order valence-electron chi connectivity index (χ3n) is 8.21. The lowest BCUT2D eigenvalue weighted by Gasteiger charge is -2.58. The molecule has 6 atom stereocenters. The summed E-state index contributed by atoms with van der Waals surface area (Å²) < 4.78 is 0. The lowest BCUT2D eigenvalue weighted by atomic mass is 9.47. The van der Waals surface area contributed by atoms with E-state index in [1.54, 1.807) is 0 Å². The maximum Gasteiger partial charge on any atom is 0.0831 e. The summed E-state index contributed by atoms with van der Waals surface area (Å²) in [7, 11) is 0. The molecule has 3 heteroatoms. The summed E-state index contributed by atoms with van der Waals surface area (Å²) in [6.45, 7) is 4.82. The van der Waals surface area contributed by atoms with Crippen LogP contribution in [0, 0.1) is 28.6 Å². The van der Waals surface area contributed by atoms with Crippen molar-refractivity contribution in [1.29, 1.82) is 0 Å². The molecule has 124 valence electrons. The average molecular weight is 304 g/mol. The molecule has 0 aliphatic heterocycles. The summed E-state index contributed by atoms with van der Waals surface area (Å²) >= 11 is 0. The molecule has 0 amide bonds. The second-order valence-electron chi connectivity index (χ2n) is 9.25. The lowest BCUT2D eigenvalue weighted by molar-refractivity contribution is -0.0750. The van der Waals surface area contributed by atoms with Gasteiger partial charge in [-0.2, -0.15) is 0 Å². The van der Waals surface area contributed by atoms with Crippen molar-refractivity contribution in [3.63, 3.8) is 0 Å². The Kier molecular flexibility index (Phi) is 3.16. The molecule has 4 rings (SSSR count). The number of fused-ring (bicyclic) bond motifs is 5. The predicted molar refractivity (Wildman–Crippen MR) is 88.8 cm³/mol. The molecule has 3 unspecified atom stereocenters. The van der Waals surface area contributed by atoms with Crippen LogP contribution in [-0.2, 0) is 0 Å². The summed E-state index contributed by atoms with van der Waals surface area (Å²) in [4.78, 5) is 0. The van der Waals surface area contributed by atoms with E-state index in [4.69, 9.17) is 11.5 Å². The van der Waals surface area contributed by atoms with Gasteiger partial charge in [-0.05, 0) is 80.0 Å². The summed E-state index contributed by atoms with van der Waals surface area (Å²) in [6.07, 6.45) is 11.3. The van der Waals surface area contributed by atoms with E-state index in [0.29, 0.717) is 5.41 Å². The Hall–Kier alpha value is -0.380. The van der Waals surface area contributed by atoms with E-state index in [9.17, 15) is 5.11 Å². The van der Waals surface area contributed by atoms with Crippen LogP contribution in [0.5, 0.6) is 0 Å². The van der Waals surface area contributed by atoms with Crippen molar-refractivity contribution in [1.82, 2.24) is 0 Å². The largest absolute Gasteiger partial charge is 0.393 e. The van der Waals surface area contributed by atoms with Gasteiger partial charge in [-0.15, -0.1) is 0 Å². The molecule has 4 aliphatic rings. The zero-order valence-corrected chi connectivity index (χ0v) is 14.1. The molecule has 3 nitrogen and oxygen atoms in total. The molecule has 0 aromatic rings. The van der Waals surface area contributed by atoms with Crippen molar-refractivity contribution in [2.24, 2.45) is 40.1 Å². The first-order valence-corrected chi connectivity index (χ1v) is 9.24. The highest BCUT2D eigenvalue weighted by Gasteiger charge is 2.59. The van der Waals surface area contributed by atoms with E-state index >= 15 is 0 Å². The number of nitrogens with two attached hydrogens (primary N) is 2. The Bertz CT molecular complexity index is 514. The monoisotopic (exact) mass is 304 g/mol. The van der Waals surface area contributed by atoms with Gasteiger partial charge in [0.05, 0.1) is 11.8 Å². The van der Waals surface area contributed by atoms with E-state index < -0.39 is 5.66 Å². The van der Waals surface area contributed by atoms with Gasteiger partial charge in [0.25, 0.3) is 0 Å². The Morgan fingerprint density at radius 3 is 2.55 bits per heavy atom. The Balaban J connectivity index is 1.68. The highest BCUT2D eigenvalue weighted by molar-refractivity contribution is 5.28. The van der Waals surface area contributed by atoms with E-state index in [-0.39, 0.29) is 11.5 Å². The summed E-state index contributed by atoms with van der Waals surface area (Å²) in [5, 5.41) is 10.5. The number of aliphatic hydroxyl groups is 1. The van der Waals surface area contributed by atoms with E-state index in [0.717, 1.165) is 43.4 Å². The third-order valence-corrected chi connectivity index (χ3v) is 8.21. The predicted octanol–water partition coefficient (Wildman–Crippen LogP) is 2.92. The van der Waals surface area contributed by atoms with E-state index in [1.165, 1.54) is 31.3 Å². The van der Waals surface area contributed by atoms with Gasteiger partial charge in [0.15, 0.2) is 0 Å². The van der Waals surface area contributed by atoms with Crippen LogP contribution in [0.25, 0.3) is 0 Å². The van der Waals surface area contributed by atoms with Gasteiger partial charge in [0, 0.05) is 0 Å². The zero-order chi connectivity index (χ0) is 15.8. The average Bonchev–Trinajstić information content (AvgIpc) is 2.76. The van der Waals surface area contributed by atoms with Crippen molar-refractivity contribution in [3.05, 3.63) is 11.6 Å². The fraction of sp³-hybridized carbons (Fsp3) is 0.895. The van der Waals surface area contributed by atoms with Crippen LogP contribution in [0.4, 0.5) is 0 Å². The zero-order valence-electron chi connectivity index (χ0n) is 14.1. The maximum absolute atomic E-state index is 10.5. The SMILES string of the molecule is C[C@]12CCC(N)(N)C=C1CCC1C2CC[C@@]2(C)C1CC[C@@H]2O. The number of rotatable bonds is 0. The van der Waals surface area contributed by atoms with Crippen LogP contribution >= 0.6 is 0 Å². The van der Waals surface area contributed by atoms with Crippen LogP contribution < -0.4 is 11.5 Å². The van der Waals surface area contributed by atoms with Gasteiger partial charge in [-0.3, -0.25) is 0 Å². The van der Waals surface area contributed by atoms with Crippen LogP contribution in [-0.4, -0.2) is 16.9 Å². The lowest BCUT2D eigenvalue weighted by Crippen LogP contribution is -2.56. The van der Waals surface area contributed by atoms with E-state index in [1.807, 2.05) is 0 Å². The maximum atomic E-state index is 10.5. The molecule has 3 saturated carbocycles. The molecule has 0 aromatic carbocycles. The molecular formula is C19H32N2O. The van der Waals surface area contributed by atoms with Crippen molar-refractivity contribution < 1.29 is 5.11 Å². The first kappa shape index (κ1) is 15.2. The fourth-order valence-electron chi connectivity index (χ4n) is 6.76. The minimum absolute atomic E-state index is 0.0738.